The number of halogens is 3. The van der Waals surface area contributed by atoms with Crippen molar-refractivity contribution in [3.8, 4) is 0 Å². The molecule has 0 aliphatic heterocycles. The van der Waals surface area contributed by atoms with E-state index in [1.54, 1.807) is 30.3 Å². The highest BCUT2D eigenvalue weighted by molar-refractivity contribution is 7.92. The fourth-order valence-electron chi connectivity index (χ4n) is 5.78. The Morgan fingerprint density at radius 3 is 2.15 bits per heavy atom. The Kier molecular flexibility index (Phi) is 11.6. The third-order valence-electron chi connectivity index (χ3n) is 8.27. The monoisotopic (exact) mass is 695 g/mol. The molecule has 1 atom stereocenters. The number of hydrogen-bond acceptors (Lipinski definition) is 4. The van der Waals surface area contributed by atoms with E-state index in [0.29, 0.717) is 10.6 Å². The van der Waals surface area contributed by atoms with Crippen molar-refractivity contribution >= 4 is 50.7 Å². The largest absolute Gasteiger partial charge is 0.352 e. The van der Waals surface area contributed by atoms with E-state index >= 15 is 0 Å². The molecule has 0 spiro atoms. The van der Waals surface area contributed by atoms with Gasteiger partial charge in [0.2, 0.25) is 11.8 Å². The van der Waals surface area contributed by atoms with Gasteiger partial charge in [0.05, 0.1) is 10.6 Å². The quantitative estimate of drug-likeness (QED) is 0.167. The molecule has 4 aromatic carbocycles. The number of hydrogen-bond donors (Lipinski definition) is 1. The zero-order valence-electron chi connectivity index (χ0n) is 25.7. The first-order chi connectivity index (χ1) is 22.6. The average molecular weight is 697 g/mol. The summed E-state index contributed by atoms with van der Waals surface area (Å²) in [6, 6.07) is 25.9. The number of nitrogens with one attached hydrogen (secondary N) is 1. The van der Waals surface area contributed by atoms with Crippen LogP contribution in [0.4, 0.5) is 10.1 Å². The fraction of sp³-hybridized carbons (Fsp3) is 0.278. The number of carbonyl (C=O) groups is 2. The first-order valence-electron chi connectivity index (χ1n) is 15.5. The molecule has 2 amide bonds. The van der Waals surface area contributed by atoms with Crippen molar-refractivity contribution in [1.29, 1.82) is 0 Å². The van der Waals surface area contributed by atoms with Gasteiger partial charge in [0, 0.05) is 29.1 Å². The molecule has 0 heterocycles. The summed E-state index contributed by atoms with van der Waals surface area (Å²) in [6.07, 6.45) is 4.99. The van der Waals surface area contributed by atoms with Crippen LogP contribution in [0.25, 0.3) is 0 Å². The molecule has 1 N–H and O–H groups in total. The van der Waals surface area contributed by atoms with Crippen molar-refractivity contribution in [1.82, 2.24) is 10.2 Å². The lowest BCUT2D eigenvalue weighted by atomic mass is 9.94. The van der Waals surface area contributed by atoms with Gasteiger partial charge in [-0.3, -0.25) is 13.9 Å². The summed E-state index contributed by atoms with van der Waals surface area (Å²) < 4.78 is 43.1. The lowest BCUT2D eigenvalue weighted by Crippen LogP contribution is -2.55. The molecule has 4 aromatic rings. The van der Waals surface area contributed by atoms with Gasteiger partial charge in [0.1, 0.15) is 18.4 Å². The molecule has 1 aliphatic carbocycles. The molecule has 0 radical (unpaired) electrons. The fourth-order valence-corrected chi connectivity index (χ4v) is 7.50. The molecule has 1 saturated carbocycles. The minimum absolute atomic E-state index is 0.0226. The Labute approximate surface area is 285 Å². The molecular formula is C36H36Cl2FN3O4S. The van der Waals surface area contributed by atoms with Crippen LogP contribution in [0.1, 0.15) is 43.2 Å². The van der Waals surface area contributed by atoms with E-state index in [-0.39, 0.29) is 40.5 Å². The molecule has 5 rings (SSSR count). The number of rotatable bonds is 12. The minimum Gasteiger partial charge on any atom is -0.352 e. The van der Waals surface area contributed by atoms with Crippen molar-refractivity contribution in [3.05, 3.63) is 130 Å². The van der Waals surface area contributed by atoms with E-state index in [1.807, 2.05) is 30.3 Å². The van der Waals surface area contributed by atoms with Gasteiger partial charge in [-0.1, -0.05) is 91.0 Å². The van der Waals surface area contributed by atoms with Gasteiger partial charge in [-0.25, -0.2) is 12.8 Å². The van der Waals surface area contributed by atoms with Crippen LogP contribution in [0.3, 0.4) is 0 Å². The van der Waals surface area contributed by atoms with Crippen molar-refractivity contribution in [2.45, 2.75) is 62.0 Å². The van der Waals surface area contributed by atoms with Crippen molar-refractivity contribution in [2.75, 3.05) is 10.8 Å². The molecule has 0 bridgehead atoms. The van der Waals surface area contributed by atoms with Crippen LogP contribution >= 0.6 is 23.2 Å². The Balaban J connectivity index is 1.56. The number of anilines is 1. The first kappa shape index (κ1) is 34.4. The zero-order valence-corrected chi connectivity index (χ0v) is 28.0. The number of sulfonamides is 1. The molecule has 0 saturated heterocycles. The molecule has 11 heteroatoms. The maximum absolute atomic E-state index is 14.6. The van der Waals surface area contributed by atoms with Crippen LogP contribution in [0.2, 0.25) is 10.0 Å². The topological polar surface area (TPSA) is 86.8 Å². The average Bonchev–Trinajstić information content (AvgIpc) is 3.07. The first-order valence-corrected chi connectivity index (χ1v) is 17.7. The number of benzene rings is 4. The van der Waals surface area contributed by atoms with E-state index in [0.717, 1.165) is 42.0 Å². The maximum atomic E-state index is 14.6. The van der Waals surface area contributed by atoms with Crippen LogP contribution in [0, 0.1) is 5.82 Å². The molecule has 1 fully saturated rings. The Hall–Kier alpha value is -3.92. The standard InChI is InChI=1S/C36H36Cl2FN3O4S/c37-28-16-20-33(21-17-28)47(45,46)42(32-13-7-10-29(38)23-32)25-35(43)41(24-27-14-18-30(39)19-15-27)34(22-26-8-3-1-4-9-26)36(44)40-31-11-5-2-6-12-31/h1,3-4,7-10,13-21,23,31,34H,2,5-6,11-12,22,24-25H2,(H,40,44). The Bertz CT molecular complexity index is 1770. The van der Waals surface area contributed by atoms with E-state index < -0.39 is 34.3 Å². The van der Waals surface area contributed by atoms with Gasteiger partial charge in [0.15, 0.2) is 0 Å². The summed E-state index contributed by atoms with van der Waals surface area (Å²) in [5.41, 5.74) is 1.58. The molecule has 1 unspecified atom stereocenters. The summed E-state index contributed by atoms with van der Waals surface area (Å²) in [4.78, 5) is 30.0. The van der Waals surface area contributed by atoms with E-state index in [4.69, 9.17) is 23.2 Å². The zero-order chi connectivity index (χ0) is 33.4. The van der Waals surface area contributed by atoms with E-state index in [9.17, 15) is 22.4 Å². The summed E-state index contributed by atoms with van der Waals surface area (Å²) >= 11 is 12.3. The highest BCUT2D eigenvalue weighted by atomic mass is 35.5. The van der Waals surface area contributed by atoms with E-state index in [2.05, 4.69) is 5.32 Å². The second-order valence-electron chi connectivity index (χ2n) is 11.6. The second kappa shape index (κ2) is 15.8. The summed E-state index contributed by atoms with van der Waals surface area (Å²) in [7, 11) is -4.30. The van der Waals surface area contributed by atoms with Crippen LogP contribution in [-0.4, -0.2) is 43.8 Å². The molecule has 47 heavy (non-hydrogen) atoms. The minimum atomic E-state index is -4.30. The third kappa shape index (κ3) is 9.12. The van der Waals surface area contributed by atoms with Crippen LogP contribution < -0.4 is 9.62 Å². The smallest absolute Gasteiger partial charge is 0.264 e. The number of nitrogens with zero attached hydrogens (tertiary/aromatic N) is 2. The normalized spacial score (nSPS) is 14.3. The molecule has 7 nitrogen and oxygen atoms in total. The van der Waals surface area contributed by atoms with Gasteiger partial charge in [0.25, 0.3) is 10.0 Å². The molecule has 246 valence electrons. The second-order valence-corrected chi connectivity index (χ2v) is 14.4. The van der Waals surface area contributed by atoms with Crippen LogP contribution in [-0.2, 0) is 32.6 Å². The SMILES string of the molecule is O=C(NC1CCCCC1)C(Cc1ccccc1)N(Cc1ccc(F)cc1)C(=O)CN(c1cccc(Cl)c1)S(=O)(=O)c1ccc(Cl)cc1. The summed E-state index contributed by atoms with van der Waals surface area (Å²) in [5, 5.41) is 3.80. The van der Waals surface area contributed by atoms with Crippen molar-refractivity contribution in [3.63, 3.8) is 0 Å². The van der Waals surface area contributed by atoms with E-state index in [1.165, 1.54) is 47.4 Å². The van der Waals surface area contributed by atoms with Gasteiger partial charge in [-0.05, 0) is 78.6 Å². The third-order valence-corrected chi connectivity index (χ3v) is 10.5. The van der Waals surface area contributed by atoms with Crippen LogP contribution in [0.5, 0.6) is 0 Å². The highest BCUT2D eigenvalue weighted by Gasteiger charge is 2.35. The predicted molar refractivity (Wildman–Crippen MR) is 183 cm³/mol. The highest BCUT2D eigenvalue weighted by Crippen LogP contribution is 2.28. The number of carbonyl (C=O) groups excluding carboxylic acids is 2. The Morgan fingerprint density at radius 1 is 0.809 bits per heavy atom. The predicted octanol–water partition coefficient (Wildman–Crippen LogP) is 7.42. The maximum Gasteiger partial charge on any atom is 0.264 e. The molecular weight excluding hydrogens is 660 g/mol. The molecule has 0 aromatic heterocycles. The summed E-state index contributed by atoms with van der Waals surface area (Å²) in [6.45, 7) is -0.687. The lowest BCUT2D eigenvalue weighted by molar-refractivity contribution is -0.140. The van der Waals surface area contributed by atoms with Crippen molar-refractivity contribution < 1.29 is 22.4 Å². The van der Waals surface area contributed by atoms with Gasteiger partial charge in [-0.2, -0.15) is 0 Å². The van der Waals surface area contributed by atoms with Crippen LogP contribution in [0.15, 0.2) is 108 Å². The molecule has 1 aliphatic rings. The number of amides is 2. The van der Waals surface area contributed by atoms with Gasteiger partial charge < -0.3 is 10.2 Å². The van der Waals surface area contributed by atoms with Crippen molar-refractivity contribution in [2.24, 2.45) is 0 Å². The van der Waals surface area contributed by atoms with Gasteiger partial charge in [-0.15, -0.1) is 0 Å². The summed E-state index contributed by atoms with van der Waals surface area (Å²) in [5.74, 6) is -1.39. The lowest BCUT2D eigenvalue weighted by Gasteiger charge is -2.35. The van der Waals surface area contributed by atoms with Gasteiger partial charge >= 0.3 is 0 Å². The Morgan fingerprint density at radius 2 is 1.49 bits per heavy atom.